The van der Waals surface area contributed by atoms with E-state index >= 15 is 0 Å². The van der Waals surface area contributed by atoms with Gasteiger partial charge < -0.3 is 26.4 Å². The number of alkyl halides is 1. The summed E-state index contributed by atoms with van der Waals surface area (Å²) in [5.41, 5.74) is 12.1. The highest BCUT2D eigenvalue weighted by molar-refractivity contribution is 6.04. The normalized spacial score (nSPS) is 10.8. The third-order valence-corrected chi connectivity index (χ3v) is 10.0. The smallest absolute Gasteiger partial charge is 0.354 e. The molecule has 1 amide bonds. The molecule has 4 aromatic carbocycles. The zero-order chi connectivity index (χ0) is 46.7. The third kappa shape index (κ3) is 9.33. The molecule has 0 aliphatic heterocycles. The predicted octanol–water partition coefficient (Wildman–Crippen LogP) is 6.27. The van der Waals surface area contributed by atoms with Crippen LogP contribution in [0.1, 0.15) is 33.5 Å². The number of nitrogens with zero attached hydrogens (tertiary/aromatic N) is 6. The summed E-state index contributed by atoms with van der Waals surface area (Å²) in [7, 11) is -1.00. The molecule has 0 saturated heterocycles. The number of imidazole rings is 2. The molecule has 0 fully saturated rings. The van der Waals surface area contributed by atoms with Crippen molar-refractivity contribution in [3.8, 4) is 22.5 Å². The summed E-state index contributed by atoms with van der Waals surface area (Å²) >= 11 is 0. The molecule has 17 nitrogen and oxygen atoms in total. The van der Waals surface area contributed by atoms with Crippen molar-refractivity contribution in [1.82, 2.24) is 39.2 Å². The molecule has 0 spiro atoms. The van der Waals surface area contributed by atoms with Crippen molar-refractivity contribution in [2.45, 2.75) is 13.2 Å². The Labute approximate surface area is 368 Å². The number of aliphatic hydroxyl groups excluding tert-OH is 2. The van der Waals surface area contributed by atoms with Crippen LogP contribution in [0.2, 0.25) is 0 Å². The lowest BCUT2D eigenvalue weighted by Crippen LogP contribution is -2.14. The number of nitrogens with one attached hydrogen (secondary N) is 3. The van der Waals surface area contributed by atoms with E-state index in [9.17, 15) is 33.8 Å². The second-order valence-electron chi connectivity index (χ2n) is 13.9. The minimum absolute atomic E-state index is 0.143. The Balaban J connectivity index is 0.000000158. The SMILES string of the molecule is Nc1ccc(-c2n[nH]c(=O)c3ccccc23)c(CO)c1.O=C(Nc1ccc(-c2n[nH]c(=O)c3ccccc23)c(CO)c1)c1cnc2ccccn12.O=C(O)c1cnc2ccccn12.[2H]CF. The zero-order valence-electron chi connectivity index (χ0n) is 35.1. The summed E-state index contributed by atoms with van der Waals surface area (Å²) in [6, 6.07) is 35.7. The first-order valence-corrected chi connectivity index (χ1v) is 19.5. The molecule has 0 saturated carbocycles. The largest absolute Gasteiger partial charge is 0.477 e. The monoisotopic (exact) mass is 875 g/mol. The van der Waals surface area contributed by atoms with Gasteiger partial charge in [0.1, 0.15) is 17.0 Å². The Bertz CT molecular complexity index is 3480. The number of aromatic carboxylic acids is 1. The number of hydrogen-bond acceptors (Lipinski definition) is 11. The fourth-order valence-electron chi connectivity index (χ4n) is 7.04. The third-order valence-electron chi connectivity index (χ3n) is 10.0. The minimum Gasteiger partial charge on any atom is -0.477 e. The number of aliphatic hydroxyl groups is 2. The van der Waals surface area contributed by atoms with Crippen LogP contribution >= 0.6 is 0 Å². The summed E-state index contributed by atoms with van der Waals surface area (Å²) in [5.74, 6) is -1.28. The topological polar surface area (TPSA) is 259 Å². The van der Waals surface area contributed by atoms with E-state index < -0.39 is 13.1 Å². The molecule has 10 aromatic rings. The summed E-state index contributed by atoms with van der Waals surface area (Å²) < 4.78 is 18.7. The predicted molar refractivity (Wildman–Crippen MR) is 244 cm³/mol. The molecule has 8 N–H and O–H groups in total. The van der Waals surface area contributed by atoms with Crippen LogP contribution in [-0.2, 0) is 13.2 Å². The first kappa shape index (κ1) is 42.8. The minimum atomic E-state index is -1.00. The van der Waals surface area contributed by atoms with E-state index in [2.05, 4.69) is 35.7 Å². The van der Waals surface area contributed by atoms with E-state index in [4.69, 9.17) is 12.2 Å². The van der Waals surface area contributed by atoms with E-state index in [1.54, 1.807) is 89.6 Å². The number of halogens is 1. The highest BCUT2D eigenvalue weighted by atomic mass is 19.1. The Morgan fingerprint density at radius 2 is 1.14 bits per heavy atom. The number of rotatable bonds is 7. The molecule has 6 heterocycles. The van der Waals surface area contributed by atoms with Gasteiger partial charge in [0, 0.05) is 45.7 Å². The van der Waals surface area contributed by atoms with Gasteiger partial charge in [0.2, 0.25) is 0 Å². The van der Waals surface area contributed by atoms with Crippen LogP contribution in [0.15, 0.2) is 156 Å². The maximum atomic E-state index is 12.8. The molecule has 0 bridgehead atoms. The summed E-state index contributed by atoms with van der Waals surface area (Å²) in [6.07, 6.45) is 6.30. The van der Waals surface area contributed by atoms with Crippen molar-refractivity contribution >= 4 is 56.1 Å². The maximum Gasteiger partial charge on any atom is 0.354 e. The van der Waals surface area contributed by atoms with Gasteiger partial charge in [-0.05, 0) is 71.8 Å². The second kappa shape index (κ2) is 19.9. The van der Waals surface area contributed by atoms with Crippen molar-refractivity contribution in [2.75, 3.05) is 18.2 Å². The molecule has 6 aromatic heterocycles. The number of carbonyl (C=O) groups excluding carboxylic acids is 1. The van der Waals surface area contributed by atoms with Gasteiger partial charge in [-0.3, -0.25) is 27.6 Å². The summed E-state index contributed by atoms with van der Waals surface area (Å²) in [6.45, 7) is -0.403. The van der Waals surface area contributed by atoms with E-state index in [0.29, 0.717) is 72.6 Å². The number of nitrogens with two attached hydrogens (primary N) is 1. The van der Waals surface area contributed by atoms with Crippen molar-refractivity contribution in [3.63, 3.8) is 0 Å². The number of benzene rings is 4. The van der Waals surface area contributed by atoms with Crippen LogP contribution in [-0.4, -0.2) is 73.5 Å². The quantitative estimate of drug-likeness (QED) is 0.0875. The van der Waals surface area contributed by atoms with Crippen LogP contribution in [0.4, 0.5) is 15.8 Å². The highest BCUT2D eigenvalue weighted by Crippen LogP contribution is 2.31. The second-order valence-corrected chi connectivity index (χ2v) is 13.9. The first-order chi connectivity index (χ1) is 32.1. The van der Waals surface area contributed by atoms with E-state index in [1.165, 1.54) is 16.8 Å². The van der Waals surface area contributed by atoms with E-state index in [0.717, 1.165) is 10.9 Å². The van der Waals surface area contributed by atoms with Gasteiger partial charge in [0.05, 0.1) is 56.3 Å². The van der Waals surface area contributed by atoms with Gasteiger partial charge >= 0.3 is 5.97 Å². The van der Waals surface area contributed by atoms with E-state index in [-0.39, 0.29) is 35.9 Å². The van der Waals surface area contributed by atoms with Crippen molar-refractivity contribution in [1.29, 1.82) is 0 Å². The van der Waals surface area contributed by atoms with Crippen LogP contribution in [0.3, 0.4) is 0 Å². The highest BCUT2D eigenvalue weighted by Gasteiger charge is 2.17. The van der Waals surface area contributed by atoms with E-state index in [1.807, 2.05) is 48.5 Å². The van der Waals surface area contributed by atoms with Crippen LogP contribution < -0.4 is 22.2 Å². The Hall–Kier alpha value is -8.87. The van der Waals surface area contributed by atoms with Crippen LogP contribution in [0, 0.1) is 0 Å². The van der Waals surface area contributed by atoms with Gasteiger partial charge in [0.25, 0.3) is 17.0 Å². The molecule has 0 aliphatic carbocycles. The standard InChI is InChI=1S/C23H17N5O3.C15H13N3O2.C8H6N2O2.CH3F/c29-13-14-11-15(25-23(31)19-12-24-20-7-3-4-10-28(19)20)8-9-16(14)21-17-5-1-2-6-18(17)22(30)27-26-21;16-10-5-6-11(9(7-10)8-19)14-12-3-1-2-4-13(12)15(20)18-17-14;11-8(12)6-5-9-7-3-1-2-4-10(6)7;1-2/h1-12,29H,13H2,(H,25,31)(H,27,30);1-7,19H,8,16H2,(H,18,20);1-5H,(H,11,12);1H3/i;;;1D. The van der Waals surface area contributed by atoms with Crippen molar-refractivity contribution in [2.24, 2.45) is 0 Å². The Kier molecular flexibility index (Phi) is 13.1. The molecular weight excluding hydrogens is 836 g/mol. The molecule has 0 atom stereocenters. The Morgan fingerprint density at radius 3 is 1.66 bits per heavy atom. The fourth-order valence-corrected chi connectivity index (χ4v) is 7.04. The zero-order valence-corrected chi connectivity index (χ0v) is 34.1. The number of carboxylic acids is 1. The number of hydrogen-bond donors (Lipinski definition) is 7. The van der Waals surface area contributed by atoms with Crippen LogP contribution in [0.25, 0.3) is 55.4 Å². The number of amides is 1. The van der Waals surface area contributed by atoms with Crippen molar-refractivity contribution < 1.29 is 30.7 Å². The number of anilines is 2. The number of nitrogen functional groups attached to an aromatic ring is 1. The molecule has 0 radical (unpaired) electrons. The summed E-state index contributed by atoms with van der Waals surface area (Å²) in [4.78, 5) is 55.4. The number of fused-ring (bicyclic) bond motifs is 4. The lowest BCUT2D eigenvalue weighted by molar-refractivity contribution is 0.0689. The first-order valence-electron chi connectivity index (χ1n) is 20.2. The molecular formula is C47H39FN10O7. The number of aromatic nitrogens is 8. The van der Waals surface area contributed by atoms with Gasteiger partial charge in [-0.2, -0.15) is 10.2 Å². The average molecular weight is 876 g/mol. The number of aromatic amines is 2. The molecule has 18 heteroatoms. The molecule has 326 valence electrons. The van der Waals surface area contributed by atoms with Gasteiger partial charge in [-0.15, -0.1) is 0 Å². The van der Waals surface area contributed by atoms with Crippen molar-refractivity contribution in [3.05, 3.63) is 189 Å². The van der Waals surface area contributed by atoms with Gasteiger partial charge in [-0.1, -0.05) is 60.7 Å². The maximum absolute atomic E-state index is 12.8. The molecule has 65 heavy (non-hydrogen) atoms. The number of carbonyl (C=O) groups is 2. The molecule has 0 aliphatic rings. The van der Waals surface area contributed by atoms with Gasteiger partial charge in [-0.25, -0.2) is 25.0 Å². The number of pyridine rings is 2. The van der Waals surface area contributed by atoms with Crippen LogP contribution in [0.5, 0.6) is 0 Å². The lowest BCUT2D eigenvalue weighted by Gasteiger charge is -2.12. The number of carboxylic acid groups (broad SMARTS) is 1. The molecule has 10 rings (SSSR count). The number of H-pyrrole nitrogens is 2. The Morgan fingerprint density at radius 1 is 0.677 bits per heavy atom. The summed E-state index contributed by atoms with van der Waals surface area (Å²) in [5, 5.41) is 46.8. The van der Waals surface area contributed by atoms with Gasteiger partial charge in [0.15, 0.2) is 5.69 Å². The average Bonchev–Trinajstić information content (AvgIpc) is 3.99. The fraction of sp³-hybridized carbons (Fsp3) is 0.0638. The molecule has 0 unspecified atom stereocenters. The lowest BCUT2D eigenvalue weighted by atomic mass is 10.00.